The van der Waals surface area contributed by atoms with E-state index in [1.165, 1.54) is 12.1 Å². The van der Waals surface area contributed by atoms with Crippen molar-refractivity contribution >= 4 is 45.0 Å². The number of carbonyl (C=O) groups excluding carboxylic acids is 1. The van der Waals surface area contributed by atoms with Crippen molar-refractivity contribution in [2.75, 3.05) is 5.32 Å². The number of benzene rings is 2. The number of aldehydes is 1. The highest BCUT2D eigenvalue weighted by Crippen LogP contribution is 2.45. The second kappa shape index (κ2) is 7.31. The van der Waals surface area contributed by atoms with Gasteiger partial charge in [-0.3, -0.25) is 25.0 Å². The predicted molar refractivity (Wildman–Crippen MR) is 92.3 cm³/mol. The van der Waals surface area contributed by atoms with Gasteiger partial charge in [0.05, 0.1) is 15.4 Å². The minimum atomic E-state index is -5.20. The molecule has 0 radical (unpaired) electrons. The van der Waals surface area contributed by atoms with Crippen LogP contribution in [0.4, 0.5) is 35.9 Å². The summed E-state index contributed by atoms with van der Waals surface area (Å²) in [6.07, 6.45) is -5.54. The summed E-state index contributed by atoms with van der Waals surface area (Å²) >= 11 is 3.23. The number of nitrogens with one attached hydrogen (secondary N) is 1. The highest BCUT2D eigenvalue weighted by atomic mass is 79.9. The zero-order chi connectivity index (χ0) is 20.5. The molecule has 0 aliphatic rings. The topological polar surface area (TPSA) is 115 Å². The van der Waals surface area contributed by atoms with E-state index in [1.807, 2.05) is 0 Å². The Labute approximate surface area is 157 Å². The third-order valence-electron chi connectivity index (χ3n) is 3.55. The molecule has 0 bridgehead atoms. The molecule has 8 nitrogen and oxygen atoms in total. The molecule has 12 heteroatoms. The van der Waals surface area contributed by atoms with E-state index >= 15 is 0 Å². The van der Waals surface area contributed by atoms with Crippen LogP contribution in [0.15, 0.2) is 28.7 Å². The van der Waals surface area contributed by atoms with E-state index in [1.54, 1.807) is 13.0 Å². The van der Waals surface area contributed by atoms with Crippen molar-refractivity contribution in [2.24, 2.45) is 0 Å². The Bertz CT molecular complexity index is 963. The number of hydrogen-bond acceptors (Lipinski definition) is 6. The van der Waals surface area contributed by atoms with Crippen LogP contribution in [-0.4, -0.2) is 16.1 Å². The maximum atomic E-state index is 13.1. The van der Waals surface area contributed by atoms with Crippen LogP contribution in [0.3, 0.4) is 0 Å². The number of carbonyl (C=O) groups is 1. The molecular weight excluding hydrogens is 439 g/mol. The van der Waals surface area contributed by atoms with E-state index in [0.29, 0.717) is 10.0 Å². The fourth-order valence-electron chi connectivity index (χ4n) is 2.35. The summed E-state index contributed by atoms with van der Waals surface area (Å²) in [4.78, 5) is 31.4. The molecule has 0 aromatic heterocycles. The van der Waals surface area contributed by atoms with Crippen molar-refractivity contribution in [2.45, 2.75) is 13.1 Å². The number of nitrogens with zero attached hydrogens (tertiary/aromatic N) is 2. The lowest BCUT2D eigenvalue weighted by atomic mass is 10.0. The Morgan fingerprint density at radius 1 is 1.15 bits per heavy atom. The van der Waals surface area contributed by atoms with Crippen LogP contribution in [0.25, 0.3) is 0 Å². The molecule has 0 spiro atoms. The number of hydrogen-bond donors (Lipinski definition) is 1. The standard InChI is InChI=1S/C15H9BrF3N3O5/c1-7-4-8(2-3-11(7)16)20-13-12(21(24)25)5-10(15(17,18)19)9(6-23)14(13)22(26)27/h2-6,20H,1H3. The first-order chi connectivity index (χ1) is 12.5. The van der Waals surface area contributed by atoms with Crippen LogP contribution < -0.4 is 5.32 Å². The van der Waals surface area contributed by atoms with Gasteiger partial charge < -0.3 is 5.32 Å². The molecule has 0 heterocycles. The van der Waals surface area contributed by atoms with Gasteiger partial charge in [0.25, 0.3) is 5.69 Å². The monoisotopic (exact) mass is 447 g/mol. The van der Waals surface area contributed by atoms with E-state index in [-0.39, 0.29) is 18.0 Å². The maximum Gasteiger partial charge on any atom is 0.417 e. The molecule has 1 N–H and O–H groups in total. The molecule has 0 amide bonds. The number of halogens is 4. The molecule has 0 saturated heterocycles. The molecular formula is C15H9BrF3N3O5. The Hall–Kier alpha value is -3.02. The molecule has 2 aromatic carbocycles. The van der Waals surface area contributed by atoms with Gasteiger partial charge in [0.1, 0.15) is 5.56 Å². The Balaban J connectivity index is 2.85. The summed E-state index contributed by atoms with van der Waals surface area (Å²) in [7, 11) is 0. The highest BCUT2D eigenvalue weighted by Gasteiger charge is 2.42. The van der Waals surface area contributed by atoms with Gasteiger partial charge in [-0.15, -0.1) is 0 Å². The van der Waals surface area contributed by atoms with Crippen LogP contribution >= 0.6 is 15.9 Å². The lowest BCUT2D eigenvalue weighted by Crippen LogP contribution is -2.14. The van der Waals surface area contributed by atoms with Gasteiger partial charge in [-0.05, 0) is 30.7 Å². The molecule has 27 heavy (non-hydrogen) atoms. The quantitative estimate of drug-likeness (QED) is 0.384. The largest absolute Gasteiger partial charge is 0.417 e. The van der Waals surface area contributed by atoms with E-state index in [0.717, 1.165) is 0 Å². The third-order valence-corrected chi connectivity index (χ3v) is 4.44. The summed E-state index contributed by atoms with van der Waals surface area (Å²) in [6.45, 7) is 1.67. The van der Waals surface area contributed by atoms with Gasteiger partial charge in [0.15, 0.2) is 12.0 Å². The molecule has 0 fully saturated rings. The lowest BCUT2D eigenvalue weighted by Gasteiger charge is -2.14. The van der Waals surface area contributed by atoms with Gasteiger partial charge in [-0.25, -0.2) is 0 Å². The van der Waals surface area contributed by atoms with Crippen molar-refractivity contribution < 1.29 is 27.8 Å². The molecule has 0 atom stereocenters. The highest BCUT2D eigenvalue weighted by molar-refractivity contribution is 9.10. The molecule has 0 unspecified atom stereocenters. The minimum Gasteiger partial charge on any atom is -0.344 e. The van der Waals surface area contributed by atoms with Crippen molar-refractivity contribution in [3.8, 4) is 0 Å². The van der Waals surface area contributed by atoms with E-state index in [4.69, 9.17) is 0 Å². The van der Waals surface area contributed by atoms with Crippen LogP contribution in [0, 0.1) is 27.2 Å². The van der Waals surface area contributed by atoms with Gasteiger partial charge in [0.2, 0.25) is 0 Å². The number of anilines is 2. The Morgan fingerprint density at radius 3 is 2.22 bits per heavy atom. The summed E-state index contributed by atoms with van der Waals surface area (Å²) in [5.41, 5.74) is -5.57. The van der Waals surface area contributed by atoms with Crippen molar-refractivity contribution in [1.82, 2.24) is 0 Å². The van der Waals surface area contributed by atoms with Gasteiger partial charge in [0, 0.05) is 16.2 Å². The molecule has 0 aliphatic heterocycles. The van der Waals surface area contributed by atoms with Crippen LogP contribution in [0.2, 0.25) is 0 Å². The minimum absolute atomic E-state index is 0.102. The fourth-order valence-corrected chi connectivity index (χ4v) is 2.59. The number of alkyl halides is 3. The average molecular weight is 448 g/mol. The van der Waals surface area contributed by atoms with Crippen LogP contribution in [0.1, 0.15) is 21.5 Å². The summed E-state index contributed by atoms with van der Waals surface area (Å²) < 4.78 is 40.1. The molecule has 2 aromatic rings. The zero-order valence-electron chi connectivity index (χ0n) is 13.3. The maximum absolute atomic E-state index is 13.1. The fraction of sp³-hybridized carbons (Fsp3) is 0.133. The Morgan fingerprint density at radius 2 is 1.78 bits per heavy atom. The molecule has 142 valence electrons. The predicted octanol–water partition coefficient (Wildman–Crippen LogP) is 5.15. The van der Waals surface area contributed by atoms with E-state index in [2.05, 4.69) is 21.2 Å². The van der Waals surface area contributed by atoms with Gasteiger partial charge in [-0.2, -0.15) is 13.2 Å². The first-order valence-electron chi connectivity index (χ1n) is 7.02. The van der Waals surface area contributed by atoms with E-state index < -0.39 is 44.2 Å². The molecule has 0 saturated carbocycles. The SMILES string of the molecule is Cc1cc(Nc2c([N+](=O)[O-])cc(C(F)(F)F)c(C=O)c2[N+](=O)[O-])ccc1Br. The number of nitro groups is 2. The first kappa shape index (κ1) is 20.3. The zero-order valence-corrected chi connectivity index (χ0v) is 14.9. The van der Waals surface area contributed by atoms with E-state index in [9.17, 15) is 38.2 Å². The summed E-state index contributed by atoms with van der Waals surface area (Å²) in [5.74, 6) is 0. The lowest BCUT2D eigenvalue weighted by molar-refractivity contribution is -0.392. The molecule has 2 rings (SSSR count). The summed E-state index contributed by atoms with van der Waals surface area (Å²) in [6, 6.07) is 4.52. The van der Waals surface area contributed by atoms with Crippen molar-refractivity contribution in [3.63, 3.8) is 0 Å². The Kier molecular flexibility index (Phi) is 5.49. The van der Waals surface area contributed by atoms with Crippen molar-refractivity contribution in [1.29, 1.82) is 0 Å². The van der Waals surface area contributed by atoms with Crippen LogP contribution in [-0.2, 0) is 6.18 Å². The second-order valence-corrected chi connectivity index (χ2v) is 6.15. The second-order valence-electron chi connectivity index (χ2n) is 5.30. The number of rotatable bonds is 5. The van der Waals surface area contributed by atoms with Gasteiger partial charge >= 0.3 is 11.9 Å². The van der Waals surface area contributed by atoms with Crippen LogP contribution in [0.5, 0.6) is 0 Å². The number of nitro benzene ring substituents is 2. The van der Waals surface area contributed by atoms with Crippen molar-refractivity contribution in [3.05, 3.63) is 65.7 Å². The smallest absolute Gasteiger partial charge is 0.344 e. The molecule has 0 aliphatic carbocycles. The van der Waals surface area contributed by atoms with Gasteiger partial charge in [-0.1, -0.05) is 15.9 Å². The first-order valence-corrected chi connectivity index (χ1v) is 7.82. The normalized spacial score (nSPS) is 11.1. The number of aryl methyl sites for hydroxylation is 1. The summed E-state index contributed by atoms with van der Waals surface area (Å²) in [5, 5.41) is 25.0. The third kappa shape index (κ3) is 4.05. The average Bonchev–Trinajstić information content (AvgIpc) is 2.55.